The molecule has 1 fully saturated rings. The average molecular weight is 264 g/mol. The quantitative estimate of drug-likeness (QED) is 0.811. The van der Waals surface area contributed by atoms with E-state index in [4.69, 9.17) is 4.74 Å². The largest absolute Gasteiger partial charge is 0.378 e. The van der Waals surface area contributed by atoms with E-state index in [2.05, 4.69) is 46.7 Å². The van der Waals surface area contributed by atoms with Gasteiger partial charge in [0.1, 0.15) is 18.0 Å². The van der Waals surface area contributed by atoms with Crippen LogP contribution in [0.1, 0.15) is 20.3 Å². The normalized spacial score (nSPS) is 15.9. The Morgan fingerprint density at radius 2 is 2.05 bits per heavy atom. The summed E-state index contributed by atoms with van der Waals surface area (Å²) in [6.45, 7) is 8.89. The second-order valence-electron chi connectivity index (χ2n) is 5.44. The summed E-state index contributed by atoms with van der Waals surface area (Å²) in [5, 5.41) is 0. The van der Waals surface area contributed by atoms with E-state index in [9.17, 15) is 0 Å². The molecule has 0 N–H and O–H groups in total. The highest BCUT2D eigenvalue weighted by Gasteiger charge is 2.14. The van der Waals surface area contributed by atoms with Crippen LogP contribution in [0.2, 0.25) is 0 Å². The summed E-state index contributed by atoms with van der Waals surface area (Å²) in [5.41, 5.74) is 0. The van der Waals surface area contributed by atoms with E-state index in [1.807, 2.05) is 0 Å². The molecule has 0 radical (unpaired) electrons. The SMILES string of the molecule is CC(C)CCN(C)c1cc(N2CCOCC2)ncn1. The maximum Gasteiger partial charge on any atom is 0.134 e. The van der Waals surface area contributed by atoms with Crippen molar-refractivity contribution in [3.05, 3.63) is 12.4 Å². The maximum absolute atomic E-state index is 5.37. The molecule has 1 aliphatic heterocycles. The summed E-state index contributed by atoms with van der Waals surface area (Å²) in [5.74, 6) is 2.71. The van der Waals surface area contributed by atoms with Crippen molar-refractivity contribution in [3.8, 4) is 0 Å². The van der Waals surface area contributed by atoms with Crippen LogP contribution < -0.4 is 9.80 Å². The van der Waals surface area contributed by atoms with E-state index in [0.29, 0.717) is 5.92 Å². The van der Waals surface area contributed by atoms with Crippen LogP contribution in [0, 0.1) is 5.92 Å². The van der Waals surface area contributed by atoms with Gasteiger partial charge in [0.2, 0.25) is 0 Å². The zero-order chi connectivity index (χ0) is 13.7. The Morgan fingerprint density at radius 3 is 2.74 bits per heavy atom. The maximum atomic E-state index is 5.37. The van der Waals surface area contributed by atoms with Crippen LogP contribution in [-0.2, 0) is 4.74 Å². The van der Waals surface area contributed by atoms with Crippen LogP contribution >= 0.6 is 0 Å². The predicted molar refractivity (Wildman–Crippen MR) is 77.8 cm³/mol. The molecule has 1 aliphatic rings. The van der Waals surface area contributed by atoms with Crippen molar-refractivity contribution in [3.63, 3.8) is 0 Å². The number of aromatic nitrogens is 2. The van der Waals surface area contributed by atoms with E-state index in [1.54, 1.807) is 6.33 Å². The van der Waals surface area contributed by atoms with Gasteiger partial charge in [-0.3, -0.25) is 0 Å². The Kier molecular flexibility index (Phi) is 4.96. The molecular weight excluding hydrogens is 240 g/mol. The Hall–Kier alpha value is -1.36. The van der Waals surface area contributed by atoms with E-state index in [1.165, 1.54) is 6.42 Å². The third kappa shape index (κ3) is 4.06. The van der Waals surface area contributed by atoms with Crippen molar-refractivity contribution in [1.82, 2.24) is 9.97 Å². The van der Waals surface area contributed by atoms with Gasteiger partial charge in [0, 0.05) is 32.7 Å². The molecule has 0 aliphatic carbocycles. The molecule has 106 valence electrons. The number of hydrogen-bond donors (Lipinski definition) is 0. The monoisotopic (exact) mass is 264 g/mol. The van der Waals surface area contributed by atoms with Crippen molar-refractivity contribution in [1.29, 1.82) is 0 Å². The summed E-state index contributed by atoms with van der Waals surface area (Å²) in [6, 6.07) is 2.08. The average Bonchev–Trinajstić information content (AvgIpc) is 2.46. The van der Waals surface area contributed by atoms with E-state index >= 15 is 0 Å². The van der Waals surface area contributed by atoms with Gasteiger partial charge in [-0.05, 0) is 12.3 Å². The topological polar surface area (TPSA) is 41.5 Å². The highest BCUT2D eigenvalue weighted by Crippen LogP contribution is 2.18. The Bertz CT molecular complexity index is 391. The number of hydrogen-bond acceptors (Lipinski definition) is 5. The smallest absolute Gasteiger partial charge is 0.134 e. The fraction of sp³-hybridized carbons (Fsp3) is 0.714. The first-order chi connectivity index (χ1) is 9.16. The number of ether oxygens (including phenoxy) is 1. The fourth-order valence-corrected chi connectivity index (χ4v) is 2.08. The number of anilines is 2. The fourth-order valence-electron chi connectivity index (χ4n) is 2.08. The molecule has 2 rings (SSSR count). The van der Waals surface area contributed by atoms with Gasteiger partial charge in [-0.2, -0.15) is 0 Å². The molecule has 19 heavy (non-hydrogen) atoms. The van der Waals surface area contributed by atoms with Gasteiger partial charge < -0.3 is 14.5 Å². The van der Waals surface area contributed by atoms with Gasteiger partial charge in [0.05, 0.1) is 13.2 Å². The lowest BCUT2D eigenvalue weighted by Gasteiger charge is -2.28. The molecule has 0 amide bonds. The minimum absolute atomic E-state index is 0.711. The van der Waals surface area contributed by atoms with Gasteiger partial charge >= 0.3 is 0 Å². The van der Waals surface area contributed by atoms with Crippen LogP contribution in [0.25, 0.3) is 0 Å². The molecule has 0 spiro atoms. The lowest BCUT2D eigenvalue weighted by molar-refractivity contribution is 0.122. The molecule has 0 bridgehead atoms. The summed E-state index contributed by atoms with van der Waals surface area (Å²) in [7, 11) is 2.09. The number of rotatable bonds is 5. The number of nitrogens with zero attached hydrogens (tertiary/aromatic N) is 4. The molecule has 1 saturated heterocycles. The summed E-state index contributed by atoms with van der Waals surface area (Å²) >= 11 is 0. The van der Waals surface area contributed by atoms with Crippen molar-refractivity contribution in [2.24, 2.45) is 5.92 Å². The first-order valence-corrected chi connectivity index (χ1v) is 7.02. The van der Waals surface area contributed by atoms with Crippen LogP contribution in [0.5, 0.6) is 0 Å². The van der Waals surface area contributed by atoms with Crippen LogP contribution in [0.15, 0.2) is 12.4 Å². The first-order valence-electron chi connectivity index (χ1n) is 7.02. The molecule has 0 unspecified atom stereocenters. The molecule has 0 saturated carbocycles. The highest BCUT2D eigenvalue weighted by atomic mass is 16.5. The zero-order valence-electron chi connectivity index (χ0n) is 12.2. The standard InChI is InChI=1S/C14H24N4O/c1-12(2)4-5-17(3)13-10-14(16-11-15-13)18-6-8-19-9-7-18/h10-12H,4-9H2,1-3H3. The summed E-state index contributed by atoms with van der Waals surface area (Å²) in [6.07, 6.45) is 2.83. The van der Waals surface area contributed by atoms with E-state index in [-0.39, 0.29) is 0 Å². The zero-order valence-corrected chi connectivity index (χ0v) is 12.2. The van der Waals surface area contributed by atoms with Gasteiger partial charge in [0.15, 0.2) is 0 Å². The second kappa shape index (κ2) is 6.70. The molecule has 5 heteroatoms. The third-order valence-electron chi connectivity index (χ3n) is 3.41. The van der Waals surface area contributed by atoms with E-state index < -0.39 is 0 Å². The van der Waals surface area contributed by atoms with Crippen molar-refractivity contribution >= 4 is 11.6 Å². The number of morpholine rings is 1. The molecule has 0 aromatic carbocycles. The van der Waals surface area contributed by atoms with Crippen molar-refractivity contribution in [2.45, 2.75) is 20.3 Å². The third-order valence-corrected chi connectivity index (χ3v) is 3.41. The van der Waals surface area contributed by atoms with Crippen molar-refractivity contribution in [2.75, 3.05) is 49.7 Å². The molecule has 0 atom stereocenters. The van der Waals surface area contributed by atoms with Gasteiger partial charge in [-0.25, -0.2) is 9.97 Å². The van der Waals surface area contributed by atoms with Gasteiger partial charge in [-0.1, -0.05) is 13.8 Å². The van der Waals surface area contributed by atoms with Crippen LogP contribution in [0.4, 0.5) is 11.6 Å². The minimum atomic E-state index is 0.711. The molecule has 5 nitrogen and oxygen atoms in total. The molecule has 1 aromatic heterocycles. The van der Waals surface area contributed by atoms with Crippen LogP contribution in [-0.4, -0.2) is 49.9 Å². The lowest BCUT2D eigenvalue weighted by atomic mass is 10.1. The highest BCUT2D eigenvalue weighted by molar-refractivity contribution is 5.49. The van der Waals surface area contributed by atoms with Crippen LogP contribution in [0.3, 0.4) is 0 Å². The molecule has 2 heterocycles. The van der Waals surface area contributed by atoms with Crippen molar-refractivity contribution < 1.29 is 4.74 Å². The predicted octanol–water partition coefficient (Wildman–Crippen LogP) is 1.80. The lowest BCUT2D eigenvalue weighted by Crippen LogP contribution is -2.37. The van der Waals surface area contributed by atoms with E-state index in [0.717, 1.165) is 44.5 Å². The first kappa shape index (κ1) is 14.1. The Balaban J connectivity index is 2.01. The molecular formula is C14H24N4O. The second-order valence-corrected chi connectivity index (χ2v) is 5.44. The Labute approximate surface area is 115 Å². The Morgan fingerprint density at radius 1 is 1.32 bits per heavy atom. The molecule has 1 aromatic rings. The minimum Gasteiger partial charge on any atom is -0.378 e. The summed E-state index contributed by atoms with van der Waals surface area (Å²) < 4.78 is 5.37. The van der Waals surface area contributed by atoms with Gasteiger partial charge in [0.25, 0.3) is 0 Å². The van der Waals surface area contributed by atoms with Gasteiger partial charge in [-0.15, -0.1) is 0 Å². The summed E-state index contributed by atoms with van der Waals surface area (Å²) in [4.78, 5) is 13.2.